The highest BCUT2D eigenvalue weighted by molar-refractivity contribution is 9.11. The van der Waals surface area contributed by atoms with Crippen LogP contribution in [0.4, 0.5) is 5.69 Å². The summed E-state index contributed by atoms with van der Waals surface area (Å²) in [6, 6.07) is 5.93. The van der Waals surface area contributed by atoms with Gasteiger partial charge in [-0.05, 0) is 84.5 Å². The molecule has 2 aromatic carbocycles. The van der Waals surface area contributed by atoms with Crippen LogP contribution in [-0.4, -0.2) is 23.0 Å². The molecule has 0 radical (unpaired) electrons. The zero-order valence-electron chi connectivity index (χ0n) is 13.5. The summed E-state index contributed by atoms with van der Waals surface area (Å²) in [7, 11) is 0. The molecule has 136 valence electrons. The maximum Gasteiger partial charge on any atom is 0.335 e. The number of aromatic carboxylic acids is 1. The Hall–Kier alpha value is -1.71. The SMILES string of the molecule is CC(=O)Oc1c(Br)cc(C(=O)Nc2c(C)cc(C(=O)O)cc2Br)cc1Br. The standard InChI is InChI=1S/C17H12Br3NO5/c1-7-3-10(17(24)25)6-11(18)14(7)21-16(23)9-4-12(19)15(13(20)5-9)26-8(2)22/h3-6H,1-2H3,(H,21,23)(H,24,25). The number of carbonyl (C=O) groups is 3. The lowest BCUT2D eigenvalue weighted by molar-refractivity contribution is -0.131. The molecule has 0 saturated heterocycles. The van der Waals surface area contributed by atoms with Gasteiger partial charge in [-0.1, -0.05) is 0 Å². The third-order valence-electron chi connectivity index (χ3n) is 3.28. The molecular formula is C17H12Br3NO5. The van der Waals surface area contributed by atoms with Gasteiger partial charge in [-0.25, -0.2) is 4.79 Å². The first kappa shape index (κ1) is 20.6. The van der Waals surface area contributed by atoms with E-state index in [-0.39, 0.29) is 11.3 Å². The second kappa shape index (κ2) is 8.32. The fourth-order valence-corrected chi connectivity index (χ4v) is 4.15. The molecule has 1 amide bonds. The minimum atomic E-state index is -1.06. The Balaban J connectivity index is 2.34. The van der Waals surface area contributed by atoms with E-state index in [1.165, 1.54) is 31.2 Å². The monoisotopic (exact) mass is 547 g/mol. The van der Waals surface area contributed by atoms with E-state index in [9.17, 15) is 14.4 Å². The number of hydrogen-bond donors (Lipinski definition) is 2. The first-order chi connectivity index (χ1) is 12.1. The lowest BCUT2D eigenvalue weighted by Gasteiger charge is -2.13. The number of nitrogens with one attached hydrogen (secondary N) is 1. The minimum absolute atomic E-state index is 0.114. The topological polar surface area (TPSA) is 92.7 Å². The van der Waals surface area contributed by atoms with Crippen molar-refractivity contribution in [3.05, 3.63) is 54.4 Å². The maximum atomic E-state index is 12.6. The number of carboxylic acids is 1. The van der Waals surface area contributed by atoms with Crippen LogP contribution in [-0.2, 0) is 4.79 Å². The molecule has 0 aliphatic heterocycles. The van der Waals surface area contributed by atoms with Crippen LogP contribution in [0.3, 0.4) is 0 Å². The van der Waals surface area contributed by atoms with Gasteiger partial charge in [0, 0.05) is 17.0 Å². The van der Waals surface area contributed by atoms with E-state index in [2.05, 4.69) is 53.1 Å². The molecule has 2 aromatic rings. The number of carbonyl (C=O) groups excluding carboxylic acids is 2. The first-order valence-electron chi connectivity index (χ1n) is 7.12. The van der Waals surface area contributed by atoms with Crippen LogP contribution in [0.25, 0.3) is 0 Å². The van der Waals surface area contributed by atoms with Gasteiger partial charge < -0.3 is 15.2 Å². The molecule has 0 bridgehead atoms. The number of anilines is 1. The maximum absolute atomic E-state index is 12.6. The fourth-order valence-electron chi connectivity index (χ4n) is 2.14. The fraction of sp³-hybridized carbons (Fsp3) is 0.118. The van der Waals surface area contributed by atoms with Crippen molar-refractivity contribution in [3.8, 4) is 5.75 Å². The second-order valence-corrected chi connectivity index (χ2v) is 7.83. The van der Waals surface area contributed by atoms with Crippen molar-refractivity contribution in [2.75, 3.05) is 5.32 Å². The average Bonchev–Trinajstić information content (AvgIpc) is 2.53. The van der Waals surface area contributed by atoms with E-state index < -0.39 is 17.8 Å². The van der Waals surface area contributed by atoms with Crippen LogP contribution >= 0.6 is 47.8 Å². The molecule has 0 fully saturated rings. The largest absolute Gasteiger partial charge is 0.478 e. The van der Waals surface area contributed by atoms with Gasteiger partial charge in [0.15, 0.2) is 5.75 Å². The van der Waals surface area contributed by atoms with Crippen LogP contribution in [0.2, 0.25) is 0 Å². The number of rotatable bonds is 4. The minimum Gasteiger partial charge on any atom is -0.478 e. The molecule has 2 N–H and O–H groups in total. The Bertz CT molecular complexity index is 881. The number of halogens is 3. The van der Waals surface area contributed by atoms with Gasteiger partial charge >= 0.3 is 11.9 Å². The van der Waals surface area contributed by atoms with Gasteiger partial charge in [0.25, 0.3) is 5.91 Å². The summed E-state index contributed by atoms with van der Waals surface area (Å²) < 4.78 is 6.40. The van der Waals surface area contributed by atoms with Crippen molar-refractivity contribution in [3.63, 3.8) is 0 Å². The lowest BCUT2D eigenvalue weighted by atomic mass is 10.1. The predicted molar refractivity (Wildman–Crippen MR) is 107 cm³/mol. The van der Waals surface area contributed by atoms with E-state index in [4.69, 9.17) is 9.84 Å². The highest BCUT2D eigenvalue weighted by atomic mass is 79.9. The molecule has 0 aromatic heterocycles. The second-order valence-electron chi connectivity index (χ2n) is 5.27. The quantitative estimate of drug-likeness (QED) is 0.406. The average molecular weight is 550 g/mol. The Labute approximate surface area is 174 Å². The Morgan fingerprint density at radius 3 is 1.96 bits per heavy atom. The summed E-state index contributed by atoms with van der Waals surface area (Å²) in [5.74, 6) is -1.67. The molecular weight excluding hydrogens is 538 g/mol. The van der Waals surface area contributed by atoms with Gasteiger partial charge in [0.2, 0.25) is 0 Å². The van der Waals surface area contributed by atoms with E-state index in [0.717, 1.165) is 0 Å². The Kier molecular flexibility index (Phi) is 6.59. The van der Waals surface area contributed by atoms with E-state index in [0.29, 0.717) is 30.2 Å². The van der Waals surface area contributed by atoms with Gasteiger partial charge in [-0.15, -0.1) is 0 Å². The Morgan fingerprint density at radius 1 is 0.962 bits per heavy atom. The number of ether oxygens (including phenoxy) is 1. The number of carboxylic acid groups (broad SMARTS) is 1. The number of amides is 1. The molecule has 0 aliphatic rings. The van der Waals surface area contributed by atoms with Crippen molar-refractivity contribution in [2.45, 2.75) is 13.8 Å². The molecule has 0 heterocycles. The van der Waals surface area contributed by atoms with Crippen LogP contribution in [0.5, 0.6) is 5.75 Å². The molecule has 0 unspecified atom stereocenters. The molecule has 26 heavy (non-hydrogen) atoms. The summed E-state index contributed by atoms with van der Waals surface area (Å²) >= 11 is 9.83. The van der Waals surface area contributed by atoms with Crippen molar-refractivity contribution >= 4 is 71.3 Å². The van der Waals surface area contributed by atoms with Crippen molar-refractivity contribution in [2.24, 2.45) is 0 Å². The van der Waals surface area contributed by atoms with Crippen LogP contribution in [0, 0.1) is 6.92 Å². The highest BCUT2D eigenvalue weighted by Gasteiger charge is 2.17. The van der Waals surface area contributed by atoms with Crippen LogP contribution in [0.1, 0.15) is 33.2 Å². The van der Waals surface area contributed by atoms with Crippen LogP contribution in [0.15, 0.2) is 37.7 Å². The molecule has 2 rings (SSSR count). The summed E-state index contributed by atoms with van der Waals surface area (Å²) in [4.78, 5) is 34.8. The first-order valence-corrected chi connectivity index (χ1v) is 9.50. The zero-order valence-corrected chi connectivity index (χ0v) is 18.3. The van der Waals surface area contributed by atoms with Gasteiger partial charge in [-0.3, -0.25) is 9.59 Å². The number of hydrogen-bond acceptors (Lipinski definition) is 4. The highest BCUT2D eigenvalue weighted by Crippen LogP contribution is 2.35. The van der Waals surface area contributed by atoms with E-state index >= 15 is 0 Å². The van der Waals surface area contributed by atoms with E-state index in [1.54, 1.807) is 6.92 Å². The van der Waals surface area contributed by atoms with Gasteiger partial charge in [0.1, 0.15) is 0 Å². The summed E-state index contributed by atoms with van der Waals surface area (Å²) in [5.41, 5.74) is 1.49. The summed E-state index contributed by atoms with van der Waals surface area (Å²) in [6.45, 7) is 2.98. The smallest absolute Gasteiger partial charge is 0.335 e. The van der Waals surface area contributed by atoms with Crippen molar-refractivity contribution < 1.29 is 24.2 Å². The molecule has 9 heteroatoms. The number of aryl methyl sites for hydroxylation is 1. The molecule has 0 spiro atoms. The lowest BCUT2D eigenvalue weighted by Crippen LogP contribution is -2.14. The molecule has 6 nitrogen and oxygen atoms in total. The van der Waals surface area contributed by atoms with Gasteiger partial charge in [-0.2, -0.15) is 0 Å². The number of benzene rings is 2. The van der Waals surface area contributed by atoms with Crippen molar-refractivity contribution in [1.82, 2.24) is 0 Å². The third kappa shape index (κ3) is 4.72. The molecule has 0 aliphatic carbocycles. The van der Waals surface area contributed by atoms with Gasteiger partial charge in [0.05, 0.1) is 20.2 Å². The zero-order chi connectivity index (χ0) is 19.6. The summed E-state index contributed by atoms with van der Waals surface area (Å²) in [6.07, 6.45) is 0. The predicted octanol–water partition coefficient (Wildman–Crippen LogP) is 5.16. The molecule has 0 atom stereocenters. The number of esters is 1. The van der Waals surface area contributed by atoms with Crippen molar-refractivity contribution in [1.29, 1.82) is 0 Å². The third-order valence-corrected chi connectivity index (χ3v) is 5.08. The Morgan fingerprint density at radius 2 is 1.50 bits per heavy atom. The van der Waals surface area contributed by atoms with E-state index in [1.807, 2.05) is 0 Å². The normalized spacial score (nSPS) is 10.3. The molecule has 0 saturated carbocycles. The summed E-state index contributed by atoms with van der Waals surface area (Å²) in [5, 5.41) is 11.8. The van der Waals surface area contributed by atoms with Crippen LogP contribution < -0.4 is 10.1 Å².